The van der Waals surface area contributed by atoms with Crippen LogP contribution in [0.3, 0.4) is 0 Å². The standard InChI is InChI=1S/C25H26N2O3/c1-26-25(29)22-5-3-4-18(13-22)19-7-8-21-14-23(10-9-20(21)12-19)30-16-17-6-11-24(28)27(2)15-17/h3-5,7-10,12-14,17H,6,11,15-16H2,1-2H3,(H,26,29). The van der Waals surface area contributed by atoms with Crippen molar-refractivity contribution in [3.63, 3.8) is 0 Å². The summed E-state index contributed by atoms with van der Waals surface area (Å²) >= 11 is 0. The first-order valence-electron chi connectivity index (χ1n) is 10.3. The third-order valence-corrected chi connectivity index (χ3v) is 5.71. The highest BCUT2D eigenvalue weighted by Gasteiger charge is 2.23. The lowest BCUT2D eigenvalue weighted by atomic mass is 9.98. The fraction of sp³-hybridized carbons (Fsp3) is 0.280. The van der Waals surface area contributed by atoms with Crippen molar-refractivity contribution in [1.82, 2.24) is 10.2 Å². The van der Waals surface area contributed by atoms with Gasteiger partial charge in [-0.2, -0.15) is 0 Å². The number of fused-ring (bicyclic) bond motifs is 1. The van der Waals surface area contributed by atoms with Crippen LogP contribution in [0.25, 0.3) is 21.9 Å². The van der Waals surface area contributed by atoms with Crippen molar-refractivity contribution in [3.05, 3.63) is 66.2 Å². The van der Waals surface area contributed by atoms with Gasteiger partial charge >= 0.3 is 0 Å². The Bertz CT molecular complexity index is 1090. The van der Waals surface area contributed by atoms with Gasteiger partial charge in [0.05, 0.1) is 6.61 Å². The molecule has 1 N–H and O–H groups in total. The van der Waals surface area contributed by atoms with Crippen LogP contribution in [0.5, 0.6) is 5.75 Å². The second-order valence-corrected chi connectivity index (χ2v) is 7.87. The van der Waals surface area contributed by atoms with Crippen LogP contribution in [0, 0.1) is 5.92 Å². The largest absolute Gasteiger partial charge is 0.493 e. The summed E-state index contributed by atoms with van der Waals surface area (Å²) in [5.74, 6) is 1.34. The Morgan fingerprint density at radius 2 is 1.83 bits per heavy atom. The van der Waals surface area contributed by atoms with Crippen LogP contribution in [0.15, 0.2) is 60.7 Å². The van der Waals surface area contributed by atoms with Crippen LogP contribution in [-0.2, 0) is 4.79 Å². The number of hydrogen-bond donors (Lipinski definition) is 1. The van der Waals surface area contributed by atoms with E-state index >= 15 is 0 Å². The number of nitrogens with one attached hydrogen (secondary N) is 1. The van der Waals surface area contributed by atoms with E-state index in [9.17, 15) is 9.59 Å². The lowest BCUT2D eigenvalue weighted by Gasteiger charge is -2.29. The monoisotopic (exact) mass is 402 g/mol. The SMILES string of the molecule is CNC(=O)c1cccc(-c2ccc3cc(OCC4CCC(=O)N(C)C4)ccc3c2)c1. The first kappa shape index (κ1) is 20.0. The quantitative estimate of drug-likeness (QED) is 0.699. The average Bonchev–Trinajstić information content (AvgIpc) is 2.79. The molecule has 1 aliphatic rings. The molecule has 30 heavy (non-hydrogen) atoms. The Morgan fingerprint density at radius 3 is 2.63 bits per heavy atom. The van der Waals surface area contributed by atoms with E-state index in [0.717, 1.165) is 40.6 Å². The minimum Gasteiger partial charge on any atom is -0.493 e. The summed E-state index contributed by atoms with van der Waals surface area (Å²) in [6.45, 7) is 1.37. The predicted octanol–water partition coefficient (Wildman–Crippen LogP) is 4.11. The molecule has 1 aliphatic heterocycles. The molecule has 0 radical (unpaired) electrons. The van der Waals surface area contributed by atoms with E-state index in [0.29, 0.717) is 24.5 Å². The number of nitrogens with zero attached hydrogens (tertiary/aromatic N) is 1. The summed E-state index contributed by atoms with van der Waals surface area (Å²) in [4.78, 5) is 25.3. The first-order valence-corrected chi connectivity index (χ1v) is 10.3. The van der Waals surface area contributed by atoms with Crippen LogP contribution >= 0.6 is 0 Å². The van der Waals surface area contributed by atoms with E-state index in [1.807, 2.05) is 37.4 Å². The van der Waals surface area contributed by atoms with Crippen molar-refractivity contribution in [1.29, 1.82) is 0 Å². The molecule has 0 spiro atoms. The molecule has 5 heteroatoms. The Labute approximate surface area is 176 Å². The molecule has 0 saturated carbocycles. The lowest BCUT2D eigenvalue weighted by Crippen LogP contribution is -2.38. The molecule has 1 fully saturated rings. The summed E-state index contributed by atoms with van der Waals surface area (Å²) in [5.41, 5.74) is 2.72. The Morgan fingerprint density at radius 1 is 1.07 bits per heavy atom. The van der Waals surface area contributed by atoms with Crippen molar-refractivity contribution in [2.45, 2.75) is 12.8 Å². The topological polar surface area (TPSA) is 58.6 Å². The number of hydrogen-bond acceptors (Lipinski definition) is 3. The van der Waals surface area contributed by atoms with Crippen molar-refractivity contribution in [2.24, 2.45) is 5.92 Å². The molecule has 1 atom stereocenters. The average molecular weight is 402 g/mol. The number of benzene rings is 3. The number of rotatable bonds is 5. The van der Waals surface area contributed by atoms with Gasteiger partial charge in [0.1, 0.15) is 5.75 Å². The summed E-state index contributed by atoms with van der Waals surface area (Å²) < 4.78 is 6.02. The lowest BCUT2D eigenvalue weighted by molar-refractivity contribution is -0.133. The third-order valence-electron chi connectivity index (χ3n) is 5.71. The van der Waals surface area contributed by atoms with Gasteiger partial charge in [0.15, 0.2) is 0 Å². The zero-order valence-electron chi connectivity index (χ0n) is 17.4. The Hall–Kier alpha value is -3.34. The van der Waals surface area contributed by atoms with Gasteiger partial charge in [-0.25, -0.2) is 0 Å². The molecule has 4 rings (SSSR count). The summed E-state index contributed by atoms with van der Waals surface area (Å²) in [6.07, 6.45) is 1.49. The zero-order valence-corrected chi connectivity index (χ0v) is 17.4. The van der Waals surface area contributed by atoms with E-state index in [2.05, 4.69) is 35.6 Å². The maximum Gasteiger partial charge on any atom is 0.251 e. The fourth-order valence-corrected chi connectivity index (χ4v) is 3.93. The van der Waals surface area contributed by atoms with Crippen LogP contribution in [0.1, 0.15) is 23.2 Å². The minimum atomic E-state index is -0.0899. The minimum absolute atomic E-state index is 0.0899. The fourth-order valence-electron chi connectivity index (χ4n) is 3.93. The van der Waals surface area contributed by atoms with Crippen LogP contribution in [-0.4, -0.2) is 44.0 Å². The van der Waals surface area contributed by atoms with E-state index in [4.69, 9.17) is 4.74 Å². The molecule has 0 aliphatic carbocycles. The number of piperidine rings is 1. The van der Waals surface area contributed by atoms with Crippen LogP contribution in [0.4, 0.5) is 0 Å². The maximum absolute atomic E-state index is 11.9. The second-order valence-electron chi connectivity index (χ2n) is 7.87. The first-order chi connectivity index (χ1) is 14.5. The van der Waals surface area contributed by atoms with Gasteiger partial charge in [-0.3, -0.25) is 9.59 Å². The van der Waals surface area contributed by atoms with Gasteiger partial charge < -0.3 is 15.0 Å². The Kier molecular flexibility index (Phi) is 5.70. The van der Waals surface area contributed by atoms with Gasteiger partial charge in [0.2, 0.25) is 5.91 Å². The van der Waals surface area contributed by atoms with E-state index < -0.39 is 0 Å². The van der Waals surface area contributed by atoms with Crippen molar-refractivity contribution in [2.75, 3.05) is 27.2 Å². The van der Waals surface area contributed by atoms with Gasteiger partial charge in [-0.1, -0.05) is 30.3 Å². The second kappa shape index (κ2) is 8.57. The van der Waals surface area contributed by atoms with Crippen molar-refractivity contribution in [3.8, 4) is 16.9 Å². The smallest absolute Gasteiger partial charge is 0.251 e. The number of carbonyl (C=O) groups excluding carboxylic acids is 2. The van der Waals surface area contributed by atoms with Crippen molar-refractivity contribution < 1.29 is 14.3 Å². The molecular weight excluding hydrogens is 376 g/mol. The zero-order chi connectivity index (χ0) is 21.1. The highest BCUT2D eigenvalue weighted by Crippen LogP contribution is 2.28. The van der Waals surface area contributed by atoms with Gasteiger partial charge in [0.25, 0.3) is 5.91 Å². The molecule has 1 heterocycles. The molecule has 0 aromatic heterocycles. The van der Waals surface area contributed by atoms with Crippen LogP contribution in [0.2, 0.25) is 0 Å². The van der Waals surface area contributed by atoms with E-state index in [1.165, 1.54) is 0 Å². The molecule has 5 nitrogen and oxygen atoms in total. The molecular formula is C25H26N2O3. The molecule has 1 unspecified atom stereocenters. The normalized spacial score (nSPS) is 16.5. The summed E-state index contributed by atoms with van der Waals surface area (Å²) in [6, 6.07) is 20.0. The molecule has 3 aromatic carbocycles. The van der Waals surface area contributed by atoms with Gasteiger partial charge in [-0.05, 0) is 58.7 Å². The number of amides is 2. The number of likely N-dealkylation sites (tertiary alicyclic amines) is 1. The summed E-state index contributed by atoms with van der Waals surface area (Å²) in [5, 5.41) is 4.89. The highest BCUT2D eigenvalue weighted by molar-refractivity contribution is 5.96. The van der Waals surface area contributed by atoms with Crippen molar-refractivity contribution >= 4 is 22.6 Å². The molecule has 154 valence electrons. The van der Waals surface area contributed by atoms with Gasteiger partial charge in [0, 0.05) is 38.5 Å². The molecule has 2 amide bonds. The highest BCUT2D eigenvalue weighted by atomic mass is 16.5. The summed E-state index contributed by atoms with van der Waals surface area (Å²) in [7, 11) is 3.49. The van der Waals surface area contributed by atoms with E-state index in [-0.39, 0.29) is 11.8 Å². The number of carbonyl (C=O) groups is 2. The molecule has 1 saturated heterocycles. The molecule has 3 aromatic rings. The molecule has 0 bridgehead atoms. The number of ether oxygens (including phenoxy) is 1. The predicted molar refractivity (Wildman–Crippen MR) is 119 cm³/mol. The van der Waals surface area contributed by atoms with Gasteiger partial charge in [-0.15, -0.1) is 0 Å². The van der Waals surface area contributed by atoms with E-state index in [1.54, 1.807) is 11.9 Å². The third kappa shape index (κ3) is 4.30. The van der Waals surface area contributed by atoms with Crippen LogP contribution < -0.4 is 10.1 Å². The Balaban J connectivity index is 1.49. The maximum atomic E-state index is 11.9.